The van der Waals surface area contributed by atoms with Gasteiger partial charge in [0.05, 0.1) is 12.2 Å². The van der Waals surface area contributed by atoms with E-state index in [0.717, 1.165) is 56.6 Å². The molecule has 0 radical (unpaired) electrons. The van der Waals surface area contributed by atoms with Gasteiger partial charge in [0.1, 0.15) is 5.76 Å². The number of rotatable bonds is 8. The molecule has 7 heteroatoms. The first-order chi connectivity index (χ1) is 13.7. The smallest absolute Gasteiger partial charge is 0.191 e. The Kier molecular flexibility index (Phi) is 9.93. The molecule has 1 fully saturated rings. The minimum absolute atomic E-state index is 0. The highest BCUT2D eigenvalue weighted by Gasteiger charge is 2.24. The monoisotopic (exact) mass is 511 g/mol. The van der Waals surface area contributed by atoms with Crippen LogP contribution < -0.4 is 10.6 Å². The lowest BCUT2D eigenvalue weighted by Gasteiger charge is -2.23. The van der Waals surface area contributed by atoms with E-state index in [1.165, 1.54) is 24.0 Å². The van der Waals surface area contributed by atoms with Crippen LogP contribution in [0.5, 0.6) is 0 Å². The number of likely N-dealkylation sites (tertiary alicyclic amines) is 1. The largest absolute Gasteiger partial charge is 0.361 e. The Morgan fingerprint density at radius 2 is 2.03 bits per heavy atom. The summed E-state index contributed by atoms with van der Waals surface area (Å²) in [6, 6.07) is 11.2. The Morgan fingerprint density at radius 1 is 1.24 bits per heavy atom. The Morgan fingerprint density at radius 3 is 2.72 bits per heavy atom. The van der Waals surface area contributed by atoms with Crippen molar-refractivity contribution in [1.82, 2.24) is 20.7 Å². The quantitative estimate of drug-likeness (QED) is 0.322. The van der Waals surface area contributed by atoms with Gasteiger partial charge in [-0.25, -0.2) is 0 Å². The van der Waals surface area contributed by atoms with Crippen LogP contribution in [0.15, 0.2) is 39.8 Å². The maximum absolute atomic E-state index is 5.25. The number of benzene rings is 1. The third kappa shape index (κ3) is 6.99. The molecule has 0 aliphatic carbocycles. The van der Waals surface area contributed by atoms with Gasteiger partial charge in [0.15, 0.2) is 5.96 Å². The summed E-state index contributed by atoms with van der Waals surface area (Å²) in [5.74, 6) is 1.80. The van der Waals surface area contributed by atoms with Crippen molar-refractivity contribution in [2.24, 2.45) is 4.99 Å². The highest BCUT2D eigenvalue weighted by molar-refractivity contribution is 14.0. The molecular weight excluding hydrogens is 477 g/mol. The Balaban J connectivity index is 0.00000300. The summed E-state index contributed by atoms with van der Waals surface area (Å²) in [4.78, 5) is 7.43. The molecular formula is C22H34IN5O. The van der Waals surface area contributed by atoms with E-state index in [0.29, 0.717) is 6.04 Å². The van der Waals surface area contributed by atoms with Crippen molar-refractivity contribution in [3.05, 3.63) is 52.9 Å². The highest BCUT2D eigenvalue weighted by Crippen LogP contribution is 2.20. The van der Waals surface area contributed by atoms with Gasteiger partial charge < -0.3 is 15.2 Å². The van der Waals surface area contributed by atoms with Gasteiger partial charge in [-0.3, -0.25) is 9.89 Å². The van der Waals surface area contributed by atoms with Crippen molar-refractivity contribution in [1.29, 1.82) is 0 Å². The number of nitrogens with zero attached hydrogens (tertiary/aromatic N) is 3. The zero-order valence-corrected chi connectivity index (χ0v) is 20.1. The van der Waals surface area contributed by atoms with Gasteiger partial charge in [0.2, 0.25) is 0 Å². The molecule has 1 aromatic heterocycles. The van der Waals surface area contributed by atoms with Crippen LogP contribution in [0, 0.1) is 13.8 Å². The molecule has 1 aliphatic rings. The molecule has 160 valence electrons. The van der Waals surface area contributed by atoms with Gasteiger partial charge in [-0.05, 0) is 52.1 Å². The van der Waals surface area contributed by atoms with E-state index in [-0.39, 0.29) is 24.0 Å². The fraction of sp³-hybridized carbons (Fsp3) is 0.545. The first kappa shape index (κ1) is 23.7. The maximum Gasteiger partial charge on any atom is 0.191 e. The van der Waals surface area contributed by atoms with Crippen molar-refractivity contribution in [3.63, 3.8) is 0 Å². The number of hydrogen-bond acceptors (Lipinski definition) is 4. The number of aliphatic imine (C=N–C) groups is 1. The molecule has 0 bridgehead atoms. The fourth-order valence-corrected chi connectivity index (χ4v) is 3.83. The van der Waals surface area contributed by atoms with Gasteiger partial charge in [-0.1, -0.05) is 35.5 Å². The van der Waals surface area contributed by atoms with E-state index in [1.54, 1.807) is 0 Å². The first-order valence-electron chi connectivity index (χ1n) is 10.4. The van der Waals surface area contributed by atoms with Crippen LogP contribution in [0.25, 0.3) is 0 Å². The summed E-state index contributed by atoms with van der Waals surface area (Å²) >= 11 is 0. The van der Waals surface area contributed by atoms with Gasteiger partial charge in [-0.2, -0.15) is 0 Å². The van der Waals surface area contributed by atoms with Gasteiger partial charge in [-0.15, -0.1) is 24.0 Å². The predicted molar refractivity (Wildman–Crippen MR) is 129 cm³/mol. The number of nitrogens with one attached hydrogen (secondary N) is 2. The summed E-state index contributed by atoms with van der Waals surface area (Å²) in [7, 11) is 0. The number of aromatic nitrogens is 1. The average molecular weight is 511 g/mol. The lowest BCUT2D eigenvalue weighted by molar-refractivity contribution is 0.250. The number of aryl methyl sites for hydroxylation is 2. The normalized spacial score (nSPS) is 17.2. The SMILES string of the molecule is CCNC(=NCC1CCCN1Cc1ccccc1)NCCc1c(C)noc1C.I. The van der Waals surface area contributed by atoms with Crippen LogP contribution in [0.2, 0.25) is 0 Å². The number of guanidine groups is 1. The van der Waals surface area contributed by atoms with E-state index < -0.39 is 0 Å². The standard InChI is InChI=1S/C22H33N5O.HI/c1-4-23-22(24-13-12-21-17(2)26-28-18(21)3)25-15-20-11-8-14-27(20)16-19-9-6-5-7-10-19;/h5-7,9-10,20H,4,8,11-16H2,1-3H3,(H2,23,24,25);1H. The van der Waals surface area contributed by atoms with Crippen LogP contribution in [0.4, 0.5) is 0 Å². The second-order valence-corrected chi connectivity index (χ2v) is 7.45. The van der Waals surface area contributed by atoms with Gasteiger partial charge >= 0.3 is 0 Å². The molecule has 1 aliphatic heterocycles. The highest BCUT2D eigenvalue weighted by atomic mass is 127. The molecule has 0 spiro atoms. The van der Waals surface area contributed by atoms with Crippen molar-refractivity contribution < 1.29 is 4.52 Å². The molecule has 2 N–H and O–H groups in total. The van der Waals surface area contributed by atoms with Crippen LogP contribution in [0.1, 0.15) is 42.3 Å². The summed E-state index contributed by atoms with van der Waals surface area (Å²) in [5, 5.41) is 10.8. The van der Waals surface area contributed by atoms with Crippen molar-refractivity contribution in [2.45, 2.75) is 52.6 Å². The molecule has 2 aromatic rings. The van der Waals surface area contributed by atoms with Crippen LogP contribution in [-0.2, 0) is 13.0 Å². The molecule has 29 heavy (non-hydrogen) atoms. The predicted octanol–water partition coefficient (Wildman–Crippen LogP) is 3.67. The molecule has 2 heterocycles. The van der Waals surface area contributed by atoms with Crippen LogP contribution >= 0.6 is 24.0 Å². The molecule has 1 saturated heterocycles. The molecule has 1 unspecified atom stereocenters. The molecule has 0 amide bonds. The topological polar surface area (TPSA) is 65.7 Å². The molecule has 1 atom stereocenters. The lowest BCUT2D eigenvalue weighted by Crippen LogP contribution is -2.40. The lowest BCUT2D eigenvalue weighted by atomic mass is 10.1. The number of hydrogen-bond donors (Lipinski definition) is 2. The zero-order chi connectivity index (χ0) is 19.8. The van der Waals surface area contributed by atoms with E-state index in [4.69, 9.17) is 9.52 Å². The Hall–Kier alpha value is -1.61. The van der Waals surface area contributed by atoms with Crippen LogP contribution in [0.3, 0.4) is 0 Å². The third-order valence-corrected chi connectivity index (χ3v) is 5.38. The second kappa shape index (κ2) is 12.2. The van der Waals surface area contributed by atoms with Crippen molar-refractivity contribution >= 4 is 29.9 Å². The molecule has 1 aromatic carbocycles. The average Bonchev–Trinajstić information content (AvgIpc) is 3.27. The summed E-state index contributed by atoms with van der Waals surface area (Å²) < 4.78 is 5.25. The minimum atomic E-state index is 0. The molecule has 0 saturated carbocycles. The maximum atomic E-state index is 5.25. The zero-order valence-electron chi connectivity index (χ0n) is 17.8. The summed E-state index contributed by atoms with van der Waals surface area (Å²) in [6.45, 7) is 10.7. The summed E-state index contributed by atoms with van der Waals surface area (Å²) in [5.41, 5.74) is 3.54. The van der Waals surface area contributed by atoms with E-state index >= 15 is 0 Å². The fourth-order valence-electron chi connectivity index (χ4n) is 3.83. The Labute approximate surface area is 191 Å². The van der Waals surface area contributed by atoms with E-state index in [2.05, 4.69) is 57.9 Å². The summed E-state index contributed by atoms with van der Waals surface area (Å²) in [6.07, 6.45) is 3.35. The van der Waals surface area contributed by atoms with Gasteiger partial charge in [0, 0.05) is 31.2 Å². The van der Waals surface area contributed by atoms with Crippen molar-refractivity contribution in [2.75, 3.05) is 26.2 Å². The third-order valence-electron chi connectivity index (χ3n) is 5.38. The minimum Gasteiger partial charge on any atom is -0.361 e. The van der Waals surface area contributed by atoms with E-state index in [9.17, 15) is 0 Å². The molecule has 3 rings (SSSR count). The first-order valence-corrected chi connectivity index (χ1v) is 10.4. The van der Waals surface area contributed by atoms with Gasteiger partial charge in [0.25, 0.3) is 0 Å². The van der Waals surface area contributed by atoms with E-state index in [1.807, 2.05) is 13.8 Å². The second-order valence-electron chi connectivity index (χ2n) is 7.45. The number of halogens is 1. The van der Waals surface area contributed by atoms with Crippen LogP contribution in [-0.4, -0.2) is 48.2 Å². The van der Waals surface area contributed by atoms with Crippen molar-refractivity contribution in [3.8, 4) is 0 Å². The molecule has 6 nitrogen and oxygen atoms in total. The Bertz CT molecular complexity index is 742.